The fourth-order valence-corrected chi connectivity index (χ4v) is 5.81. The zero-order valence-corrected chi connectivity index (χ0v) is 21.0. The highest BCUT2D eigenvalue weighted by molar-refractivity contribution is 8.18. The second-order valence-corrected chi connectivity index (χ2v) is 10.7. The maximum atomic E-state index is 11.8. The van der Waals surface area contributed by atoms with Gasteiger partial charge in [0.1, 0.15) is 0 Å². The summed E-state index contributed by atoms with van der Waals surface area (Å²) in [5.74, 6) is 0.353. The Morgan fingerprint density at radius 1 is 1.14 bits per heavy atom. The van der Waals surface area contributed by atoms with Gasteiger partial charge >= 0.3 is 0 Å². The standard InChI is InChI=1S/C25H28N6O2S2/c1-15(20-3-2-4-21(30-20)16-10-12-34-14-16)27-17-5-7-18(8-6-17)28-24-26-11-9-19(29-24)13-22-23(32)31-25(33)35-22/h2-4,9-10,12-15,17-18,27H,5-8,11H2,1H3,(H2,26,28,29)(H,31,32,33)/b22-13-/t15?,17-,18+. The predicted octanol–water partition coefficient (Wildman–Crippen LogP) is 4.07. The minimum atomic E-state index is -0.363. The molecule has 2 aromatic heterocycles. The molecule has 2 aromatic rings. The number of thioether (sulfide) groups is 1. The van der Waals surface area contributed by atoms with Gasteiger partial charge in [0.2, 0.25) is 0 Å². The molecule has 1 saturated heterocycles. The third-order valence-electron chi connectivity index (χ3n) is 6.33. The van der Waals surface area contributed by atoms with E-state index in [1.54, 1.807) is 17.4 Å². The molecule has 2 aliphatic heterocycles. The highest BCUT2D eigenvalue weighted by Gasteiger charge is 2.26. The minimum absolute atomic E-state index is 0.186. The molecule has 0 radical (unpaired) electrons. The van der Waals surface area contributed by atoms with Crippen molar-refractivity contribution in [3.63, 3.8) is 0 Å². The smallest absolute Gasteiger partial charge is 0.290 e. The highest BCUT2D eigenvalue weighted by Crippen LogP contribution is 2.26. The lowest BCUT2D eigenvalue weighted by Crippen LogP contribution is -2.47. The second-order valence-electron chi connectivity index (χ2n) is 8.86. The number of aliphatic imine (C=N–C) groups is 1. The lowest BCUT2D eigenvalue weighted by molar-refractivity contribution is -0.115. The van der Waals surface area contributed by atoms with Crippen LogP contribution in [0.15, 0.2) is 62.8 Å². The molecule has 4 N–H and O–H groups in total. The third-order valence-corrected chi connectivity index (χ3v) is 7.82. The number of nitrogens with one attached hydrogen (secondary N) is 4. The maximum Gasteiger partial charge on any atom is 0.290 e. The van der Waals surface area contributed by atoms with E-state index in [4.69, 9.17) is 4.98 Å². The summed E-state index contributed by atoms with van der Waals surface area (Å²) in [7, 11) is 0. The molecular weight excluding hydrogens is 480 g/mol. The van der Waals surface area contributed by atoms with Crippen LogP contribution in [0, 0.1) is 0 Å². The van der Waals surface area contributed by atoms with E-state index in [9.17, 15) is 9.59 Å². The Balaban J connectivity index is 1.12. The van der Waals surface area contributed by atoms with Gasteiger partial charge in [0.25, 0.3) is 11.1 Å². The van der Waals surface area contributed by atoms with Crippen LogP contribution < -0.4 is 21.3 Å². The summed E-state index contributed by atoms with van der Waals surface area (Å²) in [5, 5.41) is 16.7. The Labute approximate surface area is 212 Å². The topological polar surface area (TPSA) is 108 Å². The van der Waals surface area contributed by atoms with Gasteiger partial charge in [-0.2, -0.15) is 11.3 Å². The molecule has 8 nitrogen and oxygen atoms in total. The van der Waals surface area contributed by atoms with Crippen molar-refractivity contribution in [2.75, 3.05) is 6.54 Å². The van der Waals surface area contributed by atoms with Crippen molar-refractivity contribution in [3.05, 3.63) is 63.5 Å². The number of carbonyl (C=O) groups is 2. The van der Waals surface area contributed by atoms with Gasteiger partial charge in [-0.05, 0) is 80.1 Å². The number of aromatic nitrogens is 1. The predicted molar refractivity (Wildman–Crippen MR) is 141 cm³/mol. The van der Waals surface area contributed by atoms with Gasteiger partial charge in [-0.15, -0.1) is 0 Å². The van der Waals surface area contributed by atoms with E-state index in [-0.39, 0.29) is 17.2 Å². The maximum absolute atomic E-state index is 11.8. The van der Waals surface area contributed by atoms with Gasteiger partial charge < -0.3 is 16.0 Å². The van der Waals surface area contributed by atoms with Crippen LogP contribution in [0.2, 0.25) is 0 Å². The SMILES string of the molecule is CC(N[C@H]1CC[C@@H](NC2=NC(/C=C3\SC(=O)NC3=O)=CCN2)CC1)c1cccc(-c2ccsc2)n1. The second kappa shape index (κ2) is 10.8. The number of hydrogen-bond acceptors (Lipinski definition) is 9. The summed E-state index contributed by atoms with van der Waals surface area (Å²) in [6.45, 7) is 2.81. The van der Waals surface area contributed by atoms with Crippen molar-refractivity contribution in [2.24, 2.45) is 4.99 Å². The molecule has 1 aliphatic carbocycles. The van der Waals surface area contributed by atoms with Crippen molar-refractivity contribution in [1.82, 2.24) is 26.3 Å². The number of thiophene rings is 1. The minimum Gasteiger partial charge on any atom is -0.353 e. The van der Waals surface area contributed by atoms with Crippen LogP contribution in [0.4, 0.5) is 4.79 Å². The number of hydrogen-bond donors (Lipinski definition) is 4. The Bertz CT molecular complexity index is 1180. The van der Waals surface area contributed by atoms with Gasteiger partial charge in [-0.25, -0.2) is 4.99 Å². The van der Waals surface area contributed by atoms with Crippen LogP contribution in [-0.2, 0) is 4.79 Å². The fraction of sp³-hybridized carbons (Fsp3) is 0.360. The van der Waals surface area contributed by atoms with Crippen molar-refractivity contribution in [3.8, 4) is 11.3 Å². The summed E-state index contributed by atoms with van der Waals surface area (Å²) in [6, 6.07) is 9.33. The zero-order valence-electron chi connectivity index (χ0n) is 19.4. The van der Waals surface area contributed by atoms with E-state index >= 15 is 0 Å². The number of rotatable bonds is 6. The summed E-state index contributed by atoms with van der Waals surface area (Å²) < 4.78 is 0. The average Bonchev–Trinajstić information content (AvgIpc) is 3.50. The van der Waals surface area contributed by atoms with Gasteiger partial charge in [-0.1, -0.05) is 6.07 Å². The molecule has 182 valence electrons. The lowest BCUT2D eigenvalue weighted by Gasteiger charge is -2.32. The van der Waals surface area contributed by atoms with Gasteiger partial charge in [0.05, 0.1) is 22.0 Å². The van der Waals surface area contributed by atoms with Crippen molar-refractivity contribution in [2.45, 2.75) is 50.7 Å². The van der Waals surface area contributed by atoms with Crippen LogP contribution in [0.1, 0.15) is 44.3 Å². The summed E-state index contributed by atoms with van der Waals surface area (Å²) in [4.78, 5) is 33.0. The number of amides is 2. The number of pyridine rings is 1. The third kappa shape index (κ3) is 6.01. The van der Waals surface area contributed by atoms with Crippen LogP contribution in [0.3, 0.4) is 0 Å². The first-order valence-corrected chi connectivity index (χ1v) is 13.6. The van der Waals surface area contributed by atoms with Gasteiger partial charge in [0, 0.05) is 35.6 Å². The lowest BCUT2D eigenvalue weighted by atomic mass is 9.90. The summed E-state index contributed by atoms with van der Waals surface area (Å²) >= 11 is 2.59. The summed E-state index contributed by atoms with van der Waals surface area (Å²) in [5.41, 5.74) is 3.94. The molecule has 0 spiro atoms. The molecule has 35 heavy (non-hydrogen) atoms. The van der Waals surface area contributed by atoms with E-state index in [1.807, 2.05) is 6.08 Å². The molecule has 4 heterocycles. The molecule has 1 saturated carbocycles. The van der Waals surface area contributed by atoms with E-state index in [2.05, 4.69) is 68.2 Å². The Hall–Kier alpha value is -2.95. The fourth-order valence-electron chi connectivity index (χ4n) is 4.50. The number of nitrogens with zero attached hydrogens (tertiary/aromatic N) is 2. The zero-order chi connectivity index (χ0) is 24.2. The monoisotopic (exact) mass is 508 g/mol. The first kappa shape index (κ1) is 23.8. The van der Waals surface area contributed by atoms with Crippen molar-refractivity contribution in [1.29, 1.82) is 0 Å². The molecular formula is C25H28N6O2S2. The van der Waals surface area contributed by atoms with E-state index in [0.29, 0.717) is 35.2 Å². The largest absolute Gasteiger partial charge is 0.353 e. The molecule has 10 heteroatoms. The molecule has 0 bridgehead atoms. The molecule has 0 aromatic carbocycles. The number of carbonyl (C=O) groups excluding carboxylic acids is 2. The number of imide groups is 1. The van der Waals surface area contributed by atoms with Crippen LogP contribution in [0.25, 0.3) is 11.3 Å². The van der Waals surface area contributed by atoms with Crippen LogP contribution in [-0.4, -0.2) is 40.7 Å². The van der Waals surface area contributed by atoms with Crippen LogP contribution in [0.5, 0.6) is 0 Å². The average molecular weight is 509 g/mol. The quantitative estimate of drug-likeness (QED) is 0.436. The van der Waals surface area contributed by atoms with E-state index < -0.39 is 0 Å². The molecule has 1 atom stereocenters. The van der Waals surface area contributed by atoms with E-state index in [0.717, 1.165) is 48.8 Å². The first-order chi connectivity index (χ1) is 17.0. The highest BCUT2D eigenvalue weighted by atomic mass is 32.2. The molecule has 2 amide bonds. The van der Waals surface area contributed by atoms with Gasteiger partial charge in [-0.3, -0.25) is 19.9 Å². The Kier molecular flexibility index (Phi) is 7.31. The Morgan fingerprint density at radius 3 is 2.71 bits per heavy atom. The van der Waals surface area contributed by atoms with Crippen LogP contribution >= 0.6 is 23.1 Å². The van der Waals surface area contributed by atoms with E-state index in [1.165, 1.54) is 5.56 Å². The number of allylic oxidation sites excluding steroid dienone is 1. The number of guanidine groups is 1. The first-order valence-electron chi connectivity index (χ1n) is 11.8. The summed E-state index contributed by atoms with van der Waals surface area (Å²) in [6.07, 6.45) is 7.80. The van der Waals surface area contributed by atoms with Gasteiger partial charge in [0.15, 0.2) is 5.96 Å². The molecule has 1 unspecified atom stereocenters. The molecule has 3 aliphatic rings. The molecule has 2 fully saturated rings. The molecule has 5 rings (SSSR count). The van der Waals surface area contributed by atoms with Crippen molar-refractivity contribution < 1.29 is 9.59 Å². The normalized spacial score (nSPS) is 24.4. The Morgan fingerprint density at radius 2 is 1.97 bits per heavy atom. The van der Waals surface area contributed by atoms with Crippen molar-refractivity contribution >= 4 is 40.2 Å².